The Morgan fingerprint density at radius 2 is 1.94 bits per heavy atom. The standard InChI is InChI=1S/C12H13N3O/c1-8-3-5-10(6-4-8)14-12(16)11-7-13-15-9(11)2/h3-7H,1-2H3,(H,13,15)(H,14,16). The van der Waals surface area contributed by atoms with Gasteiger partial charge in [0, 0.05) is 11.4 Å². The van der Waals surface area contributed by atoms with Crippen LogP contribution in [0.1, 0.15) is 21.6 Å². The molecule has 1 heterocycles. The zero-order valence-electron chi connectivity index (χ0n) is 9.24. The first kappa shape index (κ1) is 10.4. The molecule has 82 valence electrons. The van der Waals surface area contributed by atoms with Crippen molar-refractivity contribution in [2.75, 3.05) is 5.32 Å². The molecular weight excluding hydrogens is 202 g/mol. The quantitative estimate of drug-likeness (QED) is 0.807. The molecule has 1 amide bonds. The van der Waals surface area contributed by atoms with E-state index >= 15 is 0 Å². The Morgan fingerprint density at radius 3 is 2.50 bits per heavy atom. The molecular formula is C12H13N3O. The highest BCUT2D eigenvalue weighted by Crippen LogP contribution is 2.11. The third kappa shape index (κ3) is 2.11. The summed E-state index contributed by atoms with van der Waals surface area (Å²) in [6, 6.07) is 7.67. The maximum atomic E-state index is 11.8. The summed E-state index contributed by atoms with van der Waals surface area (Å²) in [4.78, 5) is 11.8. The molecule has 0 saturated heterocycles. The first-order valence-corrected chi connectivity index (χ1v) is 5.05. The van der Waals surface area contributed by atoms with E-state index in [0.717, 1.165) is 16.9 Å². The Labute approximate surface area is 93.7 Å². The first-order valence-electron chi connectivity index (χ1n) is 5.05. The van der Waals surface area contributed by atoms with Crippen LogP contribution in [0, 0.1) is 13.8 Å². The van der Waals surface area contributed by atoms with E-state index in [1.165, 1.54) is 6.20 Å². The topological polar surface area (TPSA) is 57.8 Å². The minimum absolute atomic E-state index is 0.143. The summed E-state index contributed by atoms with van der Waals surface area (Å²) in [7, 11) is 0. The van der Waals surface area contributed by atoms with E-state index in [0.29, 0.717) is 5.56 Å². The van der Waals surface area contributed by atoms with Gasteiger partial charge in [0.05, 0.1) is 11.8 Å². The van der Waals surface area contributed by atoms with Crippen molar-refractivity contribution in [1.82, 2.24) is 10.2 Å². The number of H-pyrrole nitrogens is 1. The lowest BCUT2D eigenvalue weighted by molar-refractivity contribution is 0.102. The molecule has 2 rings (SSSR count). The zero-order valence-corrected chi connectivity index (χ0v) is 9.24. The van der Waals surface area contributed by atoms with Crippen molar-refractivity contribution in [3.05, 3.63) is 47.3 Å². The molecule has 0 aliphatic heterocycles. The van der Waals surface area contributed by atoms with E-state index in [1.54, 1.807) is 0 Å². The number of aromatic nitrogens is 2. The Hall–Kier alpha value is -2.10. The molecule has 0 aliphatic carbocycles. The second-order valence-corrected chi connectivity index (χ2v) is 3.73. The molecule has 1 aromatic heterocycles. The highest BCUT2D eigenvalue weighted by Gasteiger charge is 2.10. The van der Waals surface area contributed by atoms with E-state index in [2.05, 4.69) is 15.5 Å². The maximum Gasteiger partial charge on any atom is 0.259 e. The maximum absolute atomic E-state index is 11.8. The molecule has 0 unspecified atom stereocenters. The molecule has 2 aromatic rings. The molecule has 4 heteroatoms. The Morgan fingerprint density at radius 1 is 1.25 bits per heavy atom. The Balaban J connectivity index is 2.14. The van der Waals surface area contributed by atoms with Crippen molar-refractivity contribution in [1.29, 1.82) is 0 Å². The number of hydrogen-bond acceptors (Lipinski definition) is 2. The number of anilines is 1. The number of amides is 1. The summed E-state index contributed by atoms with van der Waals surface area (Å²) in [6.45, 7) is 3.82. The van der Waals surface area contributed by atoms with Crippen molar-refractivity contribution >= 4 is 11.6 Å². The number of nitrogens with zero attached hydrogens (tertiary/aromatic N) is 1. The normalized spacial score (nSPS) is 10.1. The van der Waals surface area contributed by atoms with Gasteiger partial charge in [-0.2, -0.15) is 5.10 Å². The third-order valence-corrected chi connectivity index (χ3v) is 2.38. The number of carbonyl (C=O) groups excluding carboxylic acids is 1. The summed E-state index contributed by atoms with van der Waals surface area (Å²) >= 11 is 0. The van der Waals surface area contributed by atoms with Crippen molar-refractivity contribution in [2.45, 2.75) is 13.8 Å². The second-order valence-electron chi connectivity index (χ2n) is 3.73. The average Bonchev–Trinajstić information content (AvgIpc) is 2.68. The molecule has 0 aliphatic rings. The molecule has 0 bridgehead atoms. The average molecular weight is 215 g/mol. The monoisotopic (exact) mass is 215 g/mol. The summed E-state index contributed by atoms with van der Waals surface area (Å²) in [6.07, 6.45) is 1.53. The van der Waals surface area contributed by atoms with Gasteiger partial charge in [-0.1, -0.05) is 17.7 Å². The highest BCUT2D eigenvalue weighted by molar-refractivity contribution is 6.04. The largest absolute Gasteiger partial charge is 0.322 e. The predicted octanol–water partition coefficient (Wildman–Crippen LogP) is 2.28. The lowest BCUT2D eigenvalue weighted by Crippen LogP contribution is -2.12. The van der Waals surface area contributed by atoms with Gasteiger partial charge in [-0.3, -0.25) is 9.89 Å². The molecule has 2 N–H and O–H groups in total. The Bertz CT molecular complexity index is 499. The van der Waals surface area contributed by atoms with Gasteiger partial charge in [0.25, 0.3) is 5.91 Å². The van der Waals surface area contributed by atoms with E-state index in [4.69, 9.17) is 0 Å². The molecule has 0 fully saturated rings. The molecule has 0 atom stereocenters. The fourth-order valence-electron chi connectivity index (χ4n) is 1.41. The molecule has 0 saturated carbocycles. The van der Waals surface area contributed by atoms with Gasteiger partial charge in [0.15, 0.2) is 0 Å². The lowest BCUT2D eigenvalue weighted by Gasteiger charge is -2.04. The van der Waals surface area contributed by atoms with Crippen LogP contribution < -0.4 is 5.32 Å². The number of rotatable bonds is 2. The van der Waals surface area contributed by atoms with Gasteiger partial charge >= 0.3 is 0 Å². The third-order valence-electron chi connectivity index (χ3n) is 2.38. The van der Waals surface area contributed by atoms with Gasteiger partial charge < -0.3 is 5.32 Å². The Kier molecular flexibility index (Phi) is 2.72. The van der Waals surface area contributed by atoms with Crippen LogP contribution in [0.25, 0.3) is 0 Å². The number of aryl methyl sites for hydroxylation is 2. The van der Waals surface area contributed by atoms with Crippen LogP contribution in [0.2, 0.25) is 0 Å². The fourth-order valence-corrected chi connectivity index (χ4v) is 1.41. The van der Waals surface area contributed by atoms with Crippen LogP contribution in [0.15, 0.2) is 30.5 Å². The molecule has 16 heavy (non-hydrogen) atoms. The minimum atomic E-state index is -0.143. The smallest absolute Gasteiger partial charge is 0.259 e. The number of carbonyl (C=O) groups is 1. The van der Waals surface area contributed by atoms with Crippen LogP contribution in [0.5, 0.6) is 0 Å². The van der Waals surface area contributed by atoms with Crippen LogP contribution in [0.4, 0.5) is 5.69 Å². The van der Waals surface area contributed by atoms with Gasteiger partial charge in [0.2, 0.25) is 0 Å². The van der Waals surface area contributed by atoms with E-state index < -0.39 is 0 Å². The molecule has 4 nitrogen and oxygen atoms in total. The minimum Gasteiger partial charge on any atom is -0.322 e. The number of aromatic amines is 1. The van der Waals surface area contributed by atoms with Crippen LogP contribution in [-0.2, 0) is 0 Å². The lowest BCUT2D eigenvalue weighted by atomic mass is 10.2. The summed E-state index contributed by atoms with van der Waals surface area (Å²) < 4.78 is 0. The van der Waals surface area contributed by atoms with Crippen molar-refractivity contribution in [3.63, 3.8) is 0 Å². The van der Waals surface area contributed by atoms with E-state index in [-0.39, 0.29) is 5.91 Å². The second kappa shape index (κ2) is 4.18. The van der Waals surface area contributed by atoms with Crippen molar-refractivity contribution < 1.29 is 4.79 Å². The number of benzene rings is 1. The molecule has 1 aromatic carbocycles. The molecule has 0 spiro atoms. The first-order chi connectivity index (χ1) is 7.66. The van der Waals surface area contributed by atoms with Crippen molar-refractivity contribution in [2.24, 2.45) is 0 Å². The van der Waals surface area contributed by atoms with Gasteiger partial charge in [0.1, 0.15) is 0 Å². The SMILES string of the molecule is Cc1ccc(NC(=O)c2cn[nH]c2C)cc1. The highest BCUT2D eigenvalue weighted by atomic mass is 16.1. The fraction of sp³-hybridized carbons (Fsp3) is 0.167. The van der Waals surface area contributed by atoms with E-state index in [9.17, 15) is 4.79 Å². The van der Waals surface area contributed by atoms with Gasteiger partial charge in [-0.25, -0.2) is 0 Å². The van der Waals surface area contributed by atoms with Crippen LogP contribution >= 0.6 is 0 Å². The van der Waals surface area contributed by atoms with Crippen molar-refractivity contribution in [3.8, 4) is 0 Å². The van der Waals surface area contributed by atoms with Gasteiger partial charge in [-0.15, -0.1) is 0 Å². The predicted molar refractivity (Wildman–Crippen MR) is 62.5 cm³/mol. The summed E-state index contributed by atoms with van der Waals surface area (Å²) in [5.74, 6) is -0.143. The summed E-state index contributed by atoms with van der Waals surface area (Å²) in [5.41, 5.74) is 3.29. The molecule has 0 radical (unpaired) electrons. The van der Waals surface area contributed by atoms with Gasteiger partial charge in [-0.05, 0) is 26.0 Å². The summed E-state index contributed by atoms with van der Waals surface area (Å²) in [5, 5.41) is 9.36. The van der Waals surface area contributed by atoms with Crippen LogP contribution in [-0.4, -0.2) is 16.1 Å². The zero-order chi connectivity index (χ0) is 11.5. The number of nitrogens with one attached hydrogen (secondary N) is 2. The van der Waals surface area contributed by atoms with Crippen LogP contribution in [0.3, 0.4) is 0 Å². The van der Waals surface area contributed by atoms with E-state index in [1.807, 2.05) is 38.1 Å². The number of hydrogen-bond donors (Lipinski definition) is 2.